The maximum Gasteiger partial charge on any atom is 0.118 e. The van der Waals surface area contributed by atoms with Crippen LogP contribution in [-0.2, 0) is 0 Å². The highest BCUT2D eigenvalue weighted by atomic mass is 16.5. The van der Waals surface area contributed by atoms with Gasteiger partial charge in [-0.15, -0.1) is 0 Å². The molecule has 2 N–H and O–H groups in total. The number of rotatable bonds is 5. The van der Waals surface area contributed by atoms with Gasteiger partial charge >= 0.3 is 0 Å². The van der Waals surface area contributed by atoms with Gasteiger partial charge in [-0.2, -0.15) is 0 Å². The molecule has 1 aliphatic heterocycles. The van der Waals surface area contributed by atoms with Crippen LogP contribution in [0.2, 0.25) is 0 Å². The van der Waals surface area contributed by atoms with Crippen molar-refractivity contribution in [3.05, 3.63) is 29.8 Å². The molecule has 1 aromatic rings. The second kappa shape index (κ2) is 7.81. The third-order valence-electron chi connectivity index (χ3n) is 4.94. The molecule has 118 valence electrons. The maximum atomic E-state index is 6.55. The molecule has 0 saturated carbocycles. The molecule has 1 saturated heterocycles. The molecule has 1 heterocycles. The van der Waals surface area contributed by atoms with E-state index in [9.17, 15) is 0 Å². The molecular weight excluding hydrogens is 260 g/mol. The summed E-state index contributed by atoms with van der Waals surface area (Å²) >= 11 is 0. The molecule has 1 aromatic carbocycles. The van der Waals surface area contributed by atoms with Crippen molar-refractivity contribution < 1.29 is 4.74 Å². The number of hydrogen-bond acceptors (Lipinski definition) is 3. The lowest BCUT2D eigenvalue weighted by atomic mass is 9.97. The zero-order chi connectivity index (χ0) is 15.2. The van der Waals surface area contributed by atoms with Crippen LogP contribution in [-0.4, -0.2) is 30.6 Å². The van der Waals surface area contributed by atoms with Gasteiger partial charge in [0, 0.05) is 18.1 Å². The van der Waals surface area contributed by atoms with Crippen LogP contribution in [0, 0.1) is 0 Å². The van der Waals surface area contributed by atoms with E-state index in [0.29, 0.717) is 12.1 Å². The minimum absolute atomic E-state index is 0.0584. The topological polar surface area (TPSA) is 38.5 Å². The summed E-state index contributed by atoms with van der Waals surface area (Å²) in [6.45, 7) is 5.76. The molecule has 3 heteroatoms. The van der Waals surface area contributed by atoms with Crippen molar-refractivity contribution in [3.63, 3.8) is 0 Å². The first-order valence-corrected chi connectivity index (χ1v) is 8.32. The summed E-state index contributed by atoms with van der Waals surface area (Å²) in [6, 6.07) is 9.32. The van der Waals surface area contributed by atoms with E-state index in [4.69, 9.17) is 10.5 Å². The van der Waals surface area contributed by atoms with E-state index in [0.717, 1.165) is 5.75 Å². The normalized spacial score (nSPS) is 23.3. The van der Waals surface area contributed by atoms with Crippen LogP contribution in [0.1, 0.15) is 57.6 Å². The molecule has 2 rings (SSSR count). The van der Waals surface area contributed by atoms with Gasteiger partial charge in [0.2, 0.25) is 0 Å². The fourth-order valence-electron chi connectivity index (χ4n) is 3.49. The second-order valence-electron chi connectivity index (χ2n) is 6.19. The maximum absolute atomic E-state index is 6.55. The SMILES string of the molecule is CCC1CCCCCN1C(C)C(N)c1ccc(OC)cc1. The molecule has 0 bridgehead atoms. The molecule has 3 atom stereocenters. The summed E-state index contributed by atoms with van der Waals surface area (Å²) in [4.78, 5) is 2.64. The van der Waals surface area contributed by atoms with Gasteiger partial charge in [-0.25, -0.2) is 0 Å². The third-order valence-corrected chi connectivity index (χ3v) is 4.94. The lowest BCUT2D eigenvalue weighted by molar-refractivity contribution is 0.124. The molecule has 0 aliphatic carbocycles. The Kier molecular flexibility index (Phi) is 6.07. The fraction of sp³-hybridized carbons (Fsp3) is 0.667. The molecule has 3 nitrogen and oxygen atoms in total. The van der Waals surface area contributed by atoms with E-state index >= 15 is 0 Å². The average molecular weight is 290 g/mol. The van der Waals surface area contributed by atoms with E-state index in [-0.39, 0.29) is 6.04 Å². The van der Waals surface area contributed by atoms with E-state index < -0.39 is 0 Å². The number of likely N-dealkylation sites (tertiary alicyclic amines) is 1. The monoisotopic (exact) mass is 290 g/mol. The quantitative estimate of drug-likeness (QED) is 0.898. The predicted octanol–water partition coefficient (Wildman–Crippen LogP) is 3.74. The summed E-state index contributed by atoms with van der Waals surface area (Å²) in [5.74, 6) is 0.889. The number of nitrogens with two attached hydrogens (primary N) is 1. The van der Waals surface area contributed by atoms with E-state index in [1.54, 1.807) is 7.11 Å². The predicted molar refractivity (Wildman–Crippen MR) is 88.6 cm³/mol. The minimum atomic E-state index is 0.0584. The highest BCUT2D eigenvalue weighted by Crippen LogP contribution is 2.27. The van der Waals surface area contributed by atoms with Crippen LogP contribution in [0.5, 0.6) is 5.75 Å². The Morgan fingerprint density at radius 2 is 1.95 bits per heavy atom. The lowest BCUT2D eigenvalue weighted by Crippen LogP contribution is -2.46. The molecule has 21 heavy (non-hydrogen) atoms. The van der Waals surface area contributed by atoms with Crippen LogP contribution in [0.4, 0.5) is 0 Å². The van der Waals surface area contributed by atoms with Crippen molar-refractivity contribution in [2.75, 3.05) is 13.7 Å². The molecular formula is C18H30N2O. The Labute approximate surface area is 129 Å². The van der Waals surface area contributed by atoms with Gasteiger partial charge in [0.25, 0.3) is 0 Å². The number of methoxy groups -OCH3 is 1. The van der Waals surface area contributed by atoms with Crippen LogP contribution in [0.3, 0.4) is 0 Å². The standard InChI is InChI=1S/C18H30N2O/c1-4-16-8-6-5-7-13-20(16)14(2)18(19)15-9-11-17(21-3)12-10-15/h9-12,14,16,18H,4-8,13,19H2,1-3H3. The molecule has 3 unspecified atom stereocenters. The largest absolute Gasteiger partial charge is 0.497 e. The highest BCUT2D eigenvalue weighted by Gasteiger charge is 2.28. The lowest BCUT2D eigenvalue weighted by Gasteiger charge is -2.38. The first-order valence-electron chi connectivity index (χ1n) is 8.32. The van der Waals surface area contributed by atoms with Gasteiger partial charge in [0.15, 0.2) is 0 Å². The smallest absolute Gasteiger partial charge is 0.118 e. The number of benzene rings is 1. The van der Waals surface area contributed by atoms with Crippen LogP contribution in [0.15, 0.2) is 24.3 Å². The highest BCUT2D eigenvalue weighted by molar-refractivity contribution is 5.29. The molecule has 1 fully saturated rings. The third kappa shape index (κ3) is 3.98. The van der Waals surface area contributed by atoms with Crippen molar-refractivity contribution in [2.24, 2.45) is 5.73 Å². The second-order valence-corrected chi connectivity index (χ2v) is 6.19. The summed E-state index contributed by atoms with van der Waals surface area (Å²) in [6.07, 6.45) is 6.56. The molecule has 1 aliphatic rings. The van der Waals surface area contributed by atoms with E-state index in [1.807, 2.05) is 12.1 Å². The minimum Gasteiger partial charge on any atom is -0.497 e. The van der Waals surface area contributed by atoms with Crippen LogP contribution in [0.25, 0.3) is 0 Å². The Hall–Kier alpha value is -1.06. The summed E-state index contributed by atoms with van der Waals surface area (Å²) in [5.41, 5.74) is 7.74. The fourth-order valence-corrected chi connectivity index (χ4v) is 3.49. The average Bonchev–Trinajstić information content (AvgIpc) is 2.78. The van der Waals surface area contributed by atoms with Crippen LogP contribution < -0.4 is 10.5 Å². The number of hydrogen-bond donors (Lipinski definition) is 1. The summed E-state index contributed by atoms with van der Waals surface area (Å²) in [5, 5.41) is 0. The van der Waals surface area contributed by atoms with Crippen molar-refractivity contribution in [3.8, 4) is 5.75 Å². The van der Waals surface area contributed by atoms with Crippen molar-refractivity contribution >= 4 is 0 Å². The first kappa shape index (κ1) is 16.3. The van der Waals surface area contributed by atoms with Gasteiger partial charge < -0.3 is 10.5 Å². The van der Waals surface area contributed by atoms with Gasteiger partial charge in [0.05, 0.1) is 7.11 Å². The molecule has 0 radical (unpaired) electrons. The molecule has 0 amide bonds. The van der Waals surface area contributed by atoms with Crippen molar-refractivity contribution in [2.45, 2.75) is 64.1 Å². The summed E-state index contributed by atoms with van der Waals surface area (Å²) in [7, 11) is 1.70. The zero-order valence-electron chi connectivity index (χ0n) is 13.7. The van der Waals surface area contributed by atoms with Crippen LogP contribution >= 0.6 is 0 Å². The molecule has 0 spiro atoms. The van der Waals surface area contributed by atoms with Gasteiger partial charge in [-0.1, -0.05) is 31.9 Å². The molecule has 0 aromatic heterocycles. The Morgan fingerprint density at radius 1 is 1.24 bits per heavy atom. The Balaban J connectivity index is 2.09. The van der Waals surface area contributed by atoms with Gasteiger partial charge in [-0.05, 0) is 50.4 Å². The van der Waals surface area contributed by atoms with Crippen molar-refractivity contribution in [1.29, 1.82) is 0 Å². The van der Waals surface area contributed by atoms with Gasteiger partial charge in [-0.3, -0.25) is 4.90 Å². The van der Waals surface area contributed by atoms with Crippen molar-refractivity contribution in [1.82, 2.24) is 4.90 Å². The number of nitrogens with zero attached hydrogens (tertiary/aromatic N) is 1. The summed E-state index contributed by atoms with van der Waals surface area (Å²) < 4.78 is 5.23. The van der Waals surface area contributed by atoms with Gasteiger partial charge in [0.1, 0.15) is 5.75 Å². The van der Waals surface area contributed by atoms with E-state index in [2.05, 4.69) is 30.9 Å². The van der Waals surface area contributed by atoms with E-state index in [1.165, 1.54) is 44.2 Å². The number of ether oxygens (including phenoxy) is 1. The Morgan fingerprint density at radius 3 is 2.57 bits per heavy atom. The first-order chi connectivity index (χ1) is 10.2. The Bertz CT molecular complexity index is 418. The zero-order valence-corrected chi connectivity index (χ0v) is 13.7.